The number of benzene rings is 1. The van der Waals surface area contributed by atoms with Crippen molar-refractivity contribution in [2.75, 3.05) is 12.3 Å². The highest BCUT2D eigenvalue weighted by molar-refractivity contribution is 7.83. The van der Waals surface area contributed by atoms with Gasteiger partial charge >= 0.3 is 0 Å². The molecule has 0 atom stereocenters. The van der Waals surface area contributed by atoms with Crippen molar-refractivity contribution in [2.45, 2.75) is 11.1 Å². The maximum Gasteiger partial charge on any atom is 0.122 e. The first kappa shape index (κ1) is 9.68. The molecule has 0 bridgehead atoms. The summed E-state index contributed by atoms with van der Waals surface area (Å²) in [5, 5.41) is 1.10. The number of ether oxygens (including phenoxy) is 1. The molecule has 74 valence electrons. The van der Waals surface area contributed by atoms with E-state index in [4.69, 9.17) is 10.5 Å². The average Bonchev–Trinajstić information content (AvgIpc) is 2.47. The van der Waals surface area contributed by atoms with Crippen molar-refractivity contribution >= 4 is 39.7 Å². The molecule has 1 heterocycles. The van der Waals surface area contributed by atoms with Gasteiger partial charge in [-0.3, -0.25) is 0 Å². The van der Waals surface area contributed by atoms with E-state index in [1.807, 2.05) is 25.1 Å². The van der Waals surface area contributed by atoms with Gasteiger partial charge in [0.15, 0.2) is 0 Å². The van der Waals surface area contributed by atoms with Gasteiger partial charge in [0.25, 0.3) is 0 Å². The predicted octanol–water partition coefficient (Wildman–Crippen LogP) is 3.17. The van der Waals surface area contributed by atoms with Crippen LogP contribution in [0.25, 0.3) is 10.1 Å². The molecule has 2 aromatic rings. The lowest BCUT2D eigenvalue weighted by Gasteiger charge is -2.04. The Morgan fingerprint density at radius 2 is 2.21 bits per heavy atom. The summed E-state index contributed by atoms with van der Waals surface area (Å²) in [6, 6.07) is 5.85. The van der Waals surface area contributed by atoms with Crippen LogP contribution in [-0.4, -0.2) is 6.61 Å². The summed E-state index contributed by atoms with van der Waals surface area (Å²) in [4.78, 5) is 0. The molecule has 0 spiro atoms. The van der Waals surface area contributed by atoms with E-state index < -0.39 is 0 Å². The molecule has 0 saturated carbocycles. The Kier molecular flexibility index (Phi) is 2.56. The highest BCUT2D eigenvalue weighted by Crippen LogP contribution is 2.35. The summed E-state index contributed by atoms with van der Waals surface area (Å²) in [7, 11) is 0. The molecule has 0 aliphatic carbocycles. The predicted molar refractivity (Wildman–Crippen MR) is 64.7 cm³/mol. The fourth-order valence-electron chi connectivity index (χ4n) is 1.39. The molecule has 2 rings (SSSR count). The van der Waals surface area contributed by atoms with Gasteiger partial charge in [0.2, 0.25) is 0 Å². The second kappa shape index (κ2) is 3.71. The molecule has 1 aromatic carbocycles. The number of hydrogen-bond donors (Lipinski definition) is 2. The Hall–Kier alpha value is -0.870. The molecular formula is C10H11NOS2. The standard InChI is InChI=1S/C10H11NOS2/c1-2-12-7-3-6-4-9(13)14-10(6)8(11)5-7/h3-5,13H,2,11H2,1H3. The van der Waals surface area contributed by atoms with Crippen LogP contribution in [0.2, 0.25) is 0 Å². The third kappa shape index (κ3) is 1.67. The van der Waals surface area contributed by atoms with E-state index >= 15 is 0 Å². The lowest BCUT2D eigenvalue weighted by atomic mass is 10.2. The first-order valence-electron chi connectivity index (χ1n) is 4.35. The van der Waals surface area contributed by atoms with Crippen LogP contribution in [0.15, 0.2) is 22.4 Å². The molecule has 2 N–H and O–H groups in total. The molecule has 14 heavy (non-hydrogen) atoms. The second-order valence-electron chi connectivity index (χ2n) is 2.95. The molecule has 0 aliphatic rings. The summed E-state index contributed by atoms with van der Waals surface area (Å²) in [5.41, 5.74) is 6.66. The lowest BCUT2D eigenvalue weighted by molar-refractivity contribution is 0.341. The normalized spacial score (nSPS) is 10.7. The zero-order valence-corrected chi connectivity index (χ0v) is 9.49. The van der Waals surface area contributed by atoms with Crippen molar-refractivity contribution in [3.8, 4) is 5.75 Å². The number of fused-ring (bicyclic) bond motifs is 1. The number of hydrogen-bond acceptors (Lipinski definition) is 4. The topological polar surface area (TPSA) is 35.2 Å². The van der Waals surface area contributed by atoms with Crippen molar-refractivity contribution in [3.05, 3.63) is 18.2 Å². The molecule has 4 heteroatoms. The van der Waals surface area contributed by atoms with E-state index in [0.29, 0.717) is 6.61 Å². The van der Waals surface area contributed by atoms with Gasteiger partial charge in [-0.15, -0.1) is 24.0 Å². The molecule has 0 amide bonds. The Labute approximate surface area is 92.1 Å². The lowest BCUT2D eigenvalue weighted by Crippen LogP contribution is -1.92. The summed E-state index contributed by atoms with van der Waals surface area (Å²) in [6.45, 7) is 2.61. The van der Waals surface area contributed by atoms with E-state index in [9.17, 15) is 0 Å². The zero-order chi connectivity index (χ0) is 10.1. The van der Waals surface area contributed by atoms with Crippen LogP contribution < -0.4 is 10.5 Å². The summed E-state index contributed by atoms with van der Waals surface area (Å²) < 4.78 is 7.46. The fraction of sp³-hybridized carbons (Fsp3) is 0.200. The van der Waals surface area contributed by atoms with Gasteiger partial charge in [-0.25, -0.2) is 0 Å². The van der Waals surface area contributed by atoms with Crippen molar-refractivity contribution in [2.24, 2.45) is 0 Å². The Morgan fingerprint density at radius 3 is 2.93 bits per heavy atom. The SMILES string of the molecule is CCOc1cc(N)c2sc(S)cc2c1. The maximum absolute atomic E-state index is 5.90. The largest absolute Gasteiger partial charge is 0.494 e. The second-order valence-corrected chi connectivity index (χ2v) is 4.79. The molecule has 0 saturated heterocycles. The zero-order valence-electron chi connectivity index (χ0n) is 7.78. The third-order valence-electron chi connectivity index (χ3n) is 1.92. The first-order valence-corrected chi connectivity index (χ1v) is 5.62. The average molecular weight is 225 g/mol. The molecule has 0 unspecified atom stereocenters. The van der Waals surface area contributed by atoms with Crippen LogP contribution in [0.3, 0.4) is 0 Å². The van der Waals surface area contributed by atoms with Crippen molar-refractivity contribution in [1.82, 2.24) is 0 Å². The van der Waals surface area contributed by atoms with Crippen molar-refractivity contribution in [1.29, 1.82) is 0 Å². The minimum absolute atomic E-state index is 0.656. The Balaban J connectivity index is 2.59. The Morgan fingerprint density at radius 1 is 1.43 bits per heavy atom. The minimum Gasteiger partial charge on any atom is -0.494 e. The van der Waals surface area contributed by atoms with Crippen molar-refractivity contribution < 1.29 is 4.74 Å². The highest BCUT2D eigenvalue weighted by Gasteiger charge is 2.05. The van der Waals surface area contributed by atoms with Crippen LogP contribution >= 0.6 is 24.0 Å². The number of anilines is 1. The van der Waals surface area contributed by atoms with Gasteiger partial charge in [-0.2, -0.15) is 0 Å². The molecule has 1 aromatic heterocycles. The van der Waals surface area contributed by atoms with Gasteiger partial charge in [-0.1, -0.05) is 0 Å². The maximum atomic E-state index is 5.90. The minimum atomic E-state index is 0.656. The van der Waals surface area contributed by atoms with E-state index in [1.54, 1.807) is 11.3 Å². The van der Waals surface area contributed by atoms with Gasteiger partial charge in [0, 0.05) is 6.07 Å². The molecule has 0 aliphatic heterocycles. The summed E-state index contributed by atoms with van der Waals surface area (Å²) in [6.07, 6.45) is 0. The number of thiol groups is 1. The van der Waals surface area contributed by atoms with E-state index in [2.05, 4.69) is 12.6 Å². The van der Waals surface area contributed by atoms with E-state index in [1.165, 1.54) is 0 Å². The fourth-order valence-corrected chi connectivity index (χ4v) is 2.61. The van der Waals surface area contributed by atoms with Gasteiger partial charge < -0.3 is 10.5 Å². The van der Waals surface area contributed by atoms with Crippen molar-refractivity contribution in [3.63, 3.8) is 0 Å². The molecular weight excluding hydrogens is 214 g/mol. The quantitative estimate of drug-likeness (QED) is 0.608. The first-order chi connectivity index (χ1) is 6.70. The van der Waals surface area contributed by atoms with E-state index in [-0.39, 0.29) is 0 Å². The van der Waals surface area contributed by atoms with Gasteiger partial charge in [0.05, 0.1) is 21.2 Å². The molecule has 0 radical (unpaired) electrons. The smallest absolute Gasteiger partial charge is 0.122 e. The third-order valence-corrected chi connectivity index (χ3v) is 3.32. The molecule has 2 nitrogen and oxygen atoms in total. The van der Waals surface area contributed by atoms with E-state index in [0.717, 1.165) is 25.7 Å². The van der Waals surface area contributed by atoms with Crippen LogP contribution in [0.1, 0.15) is 6.92 Å². The monoisotopic (exact) mass is 225 g/mol. The number of rotatable bonds is 2. The van der Waals surface area contributed by atoms with Crippen LogP contribution in [0.5, 0.6) is 5.75 Å². The number of nitrogens with two attached hydrogens (primary N) is 1. The van der Waals surface area contributed by atoms with Gasteiger partial charge in [-0.05, 0) is 24.4 Å². The van der Waals surface area contributed by atoms with Crippen LogP contribution in [0, 0.1) is 0 Å². The number of thiophene rings is 1. The Bertz CT molecular complexity index is 464. The molecule has 0 fully saturated rings. The summed E-state index contributed by atoms with van der Waals surface area (Å²) in [5.74, 6) is 0.823. The van der Waals surface area contributed by atoms with Gasteiger partial charge in [0.1, 0.15) is 5.75 Å². The number of nitrogen functional groups attached to an aromatic ring is 1. The summed E-state index contributed by atoms with van der Waals surface area (Å²) >= 11 is 5.89. The highest BCUT2D eigenvalue weighted by atomic mass is 32.2. The van der Waals surface area contributed by atoms with Crippen LogP contribution in [-0.2, 0) is 0 Å². The van der Waals surface area contributed by atoms with Crippen LogP contribution in [0.4, 0.5) is 5.69 Å².